The van der Waals surface area contributed by atoms with Crippen molar-refractivity contribution in [2.75, 3.05) is 37.8 Å². The zero-order chi connectivity index (χ0) is 14.8. The third kappa shape index (κ3) is 3.71. The second-order valence-electron chi connectivity index (χ2n) is 4.95. The highest BCUT2D eigenvalue weighted by Crippen LogP contribution is 2.11. The fourth-order valence-electron chi connectivity index (χ4n) is 2.06. The van der Waals surface area contributed by atoms with Crippen molar-refractivity contribution in [1.82, 2.24) is 9.21 Å². The Morgan fingerprint density at radius 2 is 1.65 bits per heavy atom. The van der Waals surface area contributed by atoms with E-state index in [1.165, 1.54) is 10.6 Å². The SMILES string of the molecule is Cc1ccc(NC(=O)N2CCN(S(C)(=O)=O)CC2)cc1. The summed E-state index contributed by atoms with van der Waals surface area (Å²) in [6, 6.07) is 7.36. The maximum absolute atomic E-state index is 12.1. The Balaban J connectivity index is 1.90. The Hall–Kier alpha value is -1.60. The molecule has 1 saturated heterocycles. The van der Waals surface area contributed by atoms with Gasteiger partial charge in [-0.05, 0) is 19.1 Å². The molecule has 1 heterocycles. The van der Waals surface area contributed by atoms with Gasteiger partial charge in [0, 0.05) is 31.9 Å². The first kappa shape index (κ1) is 14.8. The maximum Gasteiger partial charge on any atom is 0.321 e. The number of hydrogen-bond donors (Lipinski definition) is 1. The predicted molar refractivity (Wildman–Crippen MR) is 78.2 cm³/mol. The molecule has 1 aliphatic rings. The van der Waals surface area contributed by atoms with Gasteiger partial charge >= 0.3 is 6.03 Å². The van der Waals surface area contributed by atoms with E-state index in [4.69, 9.17) is 0 Å². The van der Waals surface area contributed by atoms with Crippen molar-refractivity contribution in [2.24, 2.45) is 0 Å². The molecule has 1 aliphatic heterocycles. The molecule has 2 amide bonds. The highest BCUT2D eigenvalue weighted by molar-refractivity contribution is 7.88. The van der Waals surface area contributed by atoms with Gasteiger partial charge in [-0.2, -0.15) is 4.31 Å². The molecule has 0 unspecified atom stereocenters. The van der Waals surface area contributed by atoms with Gasteiger partial charge in [0.15, 0.2) is 0 Å². The molecule has 1 aromatic rings. The van der Waals surface area contributed by atoms with Crippen LogP contribution >= 0.6 is 0 Å². The molecule has 0 aromatic heterocycles. The van der Waals surface area contributed by atoms with Gasteiger partial charge < -0.3 is 10.2 Å². The smallest absolute Gasteiger partial charge is 0.321 e. The van der Waals surface area contributed by atoms with Crippen molar-refractivity contribution >= 4 is 21.7 Å². The number of nitrogens with zero attached hydrogens (tertiary/aromatic N) is 2. The van der Waals surface area contributed by atoms with E-state index in [-0.39, 0.29) is 6.03 Å². The maximum atomic E-state index is 12.1. The molecule has 0 radical (unpaired) electrons. The Labute approximate surface area is 119 Å². The average molecular weight is 297 g/mol. The number of urea groups is 1. The molecule has 7 heteroatoms. The number of nitrogens with one attached hydrogen (secondary N) is 1. The van der Waals surface area contributed by atoms with Gasteiger partial charge in [-0.15, -0.1) is 0 Å². The molecule has 1 fully saturated rings. The number of rotatable bonds is 2. The second-order valence-corrected chi connectivity index (χ2v) is 6.93. The van der Waals surface area contributed by atoms with E-state index in [1.807, 2.05) is 31.2 Å². The van der Waals surface area contributed by atoms with Crippen molar-refractivity contribution in [2.45, 2.75) is 6.92 Å². The van der Waals surface area contributed by atoms with Crippen molar-refractivity contribution in [1.29, 1.82) is 0 Å². The molecule has 20 heavy (non-hydrogen) atoms. The standard InChI is InChI=1S/C13H19N3O3S/c1-11-3-5-12(6-4-11)14-13(17)15-7-9-16(10-8-15)20(2,18)19/h3-6H,7-10H2,1-2H3,(H,14,17). The minimum Gasteiger partial charge on any atom is -0.322 e. The summed E-state index contributed by atoms with van der Waals surface area (Å²) >= 11 is 0. The van der Waals surface area contributed by atoms with E-state index < -0.39 is 10.0 Å². The molecular weight excluding hydrogens is 278 g/mol. The van der Waals surface area contributed by atoms with Crippen molar-refractivity contribution in [3.05, 3.63) is 29.8 Å². The topological polar surface area (TPSA) is 69.7 Å². The number of carbonyl (C=O) groups excluding carboxylic acids is 1. The number of anilines is 1. The molecule has 110 valence electrons. The van der Waals surface area contributed by atoms with Crippen LogP contribution in [0.2, 0.25) is 0 Å². The van der Waals surface area contributed by atoms with Gasteiger partial charge in [0.25, 0.3) is 0 Å². The van der Waals surface area contributed by atoms with Crippen LogP contribution in [0.4, 0.5) is 10.5 Å². The highest BCUT2D eigenvalue weighted by Gasteiger charge is 2.25. The van der Waals surface area contributed by atoms with Crippen LogP contribution in [-0.2, 0) is 10.0 Å². The summed E-state index contributed by atoms with van der Waals surface area (Å²) in [5.74, 6) is 0. The van der Waals surface area contributed by atoms with E-state index in [2.05, 4.69) is 5.32 Å². The summed E-state index contributed by atoms with van der Waals surface area (Å²) in [5.41, 5.74) is 1.87. The molecule has 6 nitrogen and oxygen atoms in total. The van der Waals surface area contributed by atoms with E-state index in [1.54, 1.807) is 4.90 Å². The van der Waals surface area contributed by atoms with Crippen LogP contribution in [0.3, 0.4) is 0 Å². The lowest BCUT2D eigenvalue weighted by Gasteiger charge is -2.33. The van der Waals surface area contributed by atoms with Crippen LogP contribution in [-0.4, -0.2) is 56.1 Å². The molecule has 1 aromatic carbocycles. The van der Waals surface area contributed by atoms with Gasteiger partial charge in [0.05, 0.1) is 6.26 Å². The first-order valence-electron chi connectivity index (χ1n) is 6.44. The van der Waals surface area contributed by atoms with E-state index in [0.717, 1.165) is 11.3 Å². The van der Waals surface area contributed by atoms with Gasteiger partial charge in [0.1, 0.15) is 0 Å². The second kappa shape index (κ2) is 5.80. The summed E-state index contributed by atoms with van der Waals surface area (Å²) in [6.07, 6.45) is 1.19. The average Bonchev–Trinajstić information content (AvgIpc) is 2.40. The van der Waals surface area contributed by atoms with Crippen LogP contribution in [0, 0.1) is 6.92 Å². The monoisotopic (exact) mass is 297 g/mol. The molecule has 0 aliphatic carbocycles. The Kier molecular flexibility index (Phi) is 4.29. The number of carbonyl (C=O) groups is 1. The van der Waals surface area contributed by atoms with Crippen LogP contribution in [0.15, 0.2) is 24.3 Å². The highest BCUT2D eigenvalue weighted by atomic mass is 32.2. The number of sulfonamides is 1. The number of amides is 2. The summed E-state index contributed by atoms with van der Waals surface area (Å²) in [4.78, 5) is 13.7. The third-order valence-corrected chi connectivity index (χ3v) is 4.60. The summed E-state index contributed by atoms with van der Waals surface area (Å²) in [7, 11) is -3.16. The summed E-state index contributed by atoms with van der Waals surface area (Å²) < 4.78 is 24.2. The number of benzene rings is 1. The minimum absolute atomic E-state index is 0.193. The normalized spacial score (nSPS) is 17.0. The van der Waals surface area contributed by atoms with Crippen LogP contribution in [0.1, 0.15) is 5.56 Å². The van der Waals surface area contributed by atoms with Gasteiger partial charge in [-0.25, -0.2) is 13.2 Å². The van der Waals surface area contributed by atoms with Crippen LogP contribution in [0.25, 0.3) is 0 Å². The Morgan fingerprint density at radius 1 is 1.10 bits per heavy atom. The van der Waals surface area contributed by atoms with Crippen molar-refractivity contribution < 1.29 is 13.2 Å². The van der Waals surface area contributed by atoms with E-state index in [0.29, 0.717) is 26.2 Å². The predicted octanol–water partition coefficient (Wildman–Crippen LogP) is 1.10. The number of piperazine rings is 1. The minimum atomic E-state index is -3.16. The quantitative estimate of drug-likeness (QED) is 0.889. The molecule has 1 N–H and O–H groups in total. The van der Waals surface area contributed by atoms with Gasteiger partial charge in [-0.3, -0.25) is 0 Å². The van der Waals surface area contributed by atoms with E-state index in [9.17, 15) is 13.2 Å². The zero-order valence-corrected chi connectivity index (χ0v) is 12.5. The summed E-state index contributed by atoms with van der Waals surface area (Å²) in [6.45, 7) is 3.49. The lowest BCUT2D eigenvalue weighted by atomic mass is 10.2. The van der Waals surface area contributed by atoms with Crippen molar-refractivity contribution in [3.63, 3.8) is 0 Å². The Bertz CT molecular complexity index is 575. The third-order valence-electron chi connectivity index (χ3n) is 3.30. The number of hydrogen-bond acceptors (Lipinski definition) is 3. The van der Waals surface area contributed by atoms with Gasteiger partial charge in [0.2, 0.25) is 10.0 Å². The Morgan fingerprint density at radius 3 is 2.15 bits per heavy atom. The fourth-order valence-corrected chi connectivity index (χ4v) is 2.89. The molecule has 0 atom stereocenters. The lowest BCUT2D eigenvalue weighted by Crippen LogP contribution is -2.51. The molecule has 2 rings (SSSR count). The molecule has 0 saturated carbocycles. The van der Waals surface area contributed by atoms with Crippen molar-refractivity contribution in [3.8, 4) is 0 Å². The lowest BCUT2D eigenvalue weighted by molar-refractivity contribution is 0.184. The first-order valence-corrected chi connectivity index (χ1v) is 8.29. The molecular formula is C13H19N3O3S. The van der Waals surface area contributed by atoms with Crippen LogP contribution < -0.4 is 5.32 Å². The summed E-state index contributed by atoms with van der Waals surface area (Å²) in [5, 5.41) is 2.81. The first-order chi connectivity index (χ1) is 9.36. The molecule has 0 spiro atoms. The largest absolute Gasteiger partial charge is 0.322 e. The number of aryl methyl sites for hydroxylation is 1. The fraction of sp³-hybridized carbons (Fsp3) is 0.462. The van der Waals surface area contributed by atoms with E-state index >= 15 is 0 Å². The van der Waals surface area contributed by atoms with Gasteiger partial charge in [-0.1, -0.05) is 17.7 Å². The zero-order valence-electron chi connectivity index (χ0n) is 11.7. The van der Waals surface area contributed by atoms with Crippen LogP contribution in [0.5, 0.6) is 0 Å². The molecule has 0 bridgehead atoms.